The van der Waals surface area contributed by atoms with Gasteiger partial charge < -0.3 is 4.57 Å². The van der Waals surface area contributed by atoms with Crippen molar-refractivity contribution in [1.82, 2.24) is 0 Å². The minimum atomic E-state index is -2.83. The van der Waals surface area contributed by atoms with E-state index in [1.54, 1.807) is 0 Å². The summed E-state index contributed by atoms with van der Waals surface area (Å²) in [6.45, 7) is 4.83. The lowest BCUT2D eigenvalue weighted by atomic mass is 10.2. The molecule has 0 saturated heterocycles. The maximum atomic E-state index is 14.9. The second-order valence-corrected chi connectivity index (χ2v) is 16.2. The summed E-state index contributed by atoms with van der Waals surface area (Å²) in [5.74, 6) is 0. The molecule has 0 saturated carbocycles. The quantitative estimate of drug-likeness (QED) is 0.257. The van der Waals surface area contributed by atoms with E-state index in [2.05, 4.69) is 73.8 Å². The lowest BCUT2D eigenvalue weighted by Gasteiger charge is -2.36. The van der Waals surface area contributed by atoms with Gasteiger partial charge in [0.05, 0.1) is 8.07 Å². The molecule has 0 amide bonds. The topological polar surface area (TPSA) is 17.1 Å². The zero-order valence-electron chi connectivity index (χ0n) is 18.2. The van der Waals surface area contributed by atoms with Gasteiger partial charge in [0.1, 0.15) is 7.14 Å². The number of benzene rings is 4. The molecule has 1 nitrogen and oxygen atoms in total. The van der Waals surface area contributed by atoms with Gasteiger partial charge in [0.2, 0.25) is 0 Å². The molecule has 156 valence electrons. The molecule has 4 rings (SSSR count). The largest absolute Gasteiger partial charge is 0.314 e. The van der Waals surface area contributed by atoms with E-state index >= 15 is 0 Å². The fourth-order valence-corrected chi connectivity index (χ4v) is 12.3. The first-order valence-electron chi connectivity index (χ1n) is 10.8. The van der Waals surface area contributed by atoms with Crippen molar-refractivity contribution >= 4 is 31.0 Å². The third-order valence-corrected chi connectivity index (χ3v) is 14.0. The van der Waals surface area contributed by atoms with Crippen molar-refractivity contribution in [3.8, 4) is 0 Å². The first-order valence-corrected chi connectivity index (χ1v) is 15.8. The maximum Gasteiger partial charge on any atom is 0.143 e. The molecule has 0 radical (unpaired) electrons. The van der Waals surface area contributed by atoms with Crippen LogP contribution in [0.3, 0.4) is 0 Å². The summed E-state index contributed by atoms with van der Waals surface area (Å²) in [6, 6.07) is 41.7. The third kappa shape index (κ3) is 4.51. The van der Waals surface area contributed by atoms with Crippen molar-refractivity contribution in [2.75, 3.05) is 6.16 Å². The molecular formula is C28H29OPSi. The minimum Gasteiger partial charge on any atom is -0.314 e. The van der Waals surface area contributed by atoms with Gasteiger partial charge in [-0.3, -0.25) is 0 Å². The Kier molecular flexibility index (Phi) is 6.41. The molecule has 0 aliphatic rings. The highest BCUT2D eigenvalue weighted by atomic mass is 31.2. The molecule has 0 heterocycles. The molecule has 0 aliphatic heterocycles. The molecule has 4 aromatic carbocycles. The van der Waals surface area contributed by atoms with Crippen molar-refractivity contribution in [2.45, 2.75) is 18.6 Å². The highest BCUT2D eigenvalue weighted by Crippen LogP contribution is 2.49. The molecular weight excluding hydrogens is 411 g/mol. The van der Waals surface area contributed by atoms with Crippen LogP contribution in [0.4, 0.5) is 0 Å². The molecule has 4 aromatic rings. The average Bonchev–Trinajstić information content (AvgIpc) is 2.84. The second kappa shape index (κ2) is 9.22. The molecule has 3 heteroatoms. The summed E-state index contributed by atoms with van der Waals surface area (Å²) < 4.78 is 14.9. The smallest absolute Gasteiger partial charge is 0.143 e. The summed E-state index contributed by atoms with van der Waals surface area (Å²) in [6.07, 6.45) is 0.638. The Hall–Kier alpha value is -2.67. The Balaban J connectivity index is 1.87. The number of rotatable bonds is 7. The number of hydrogen-bond donors (Lipinski definition) is 0. The third-order valence-electron chi connectivity index (χ3n) is 6.38. The molecule has 1 atom stereocenters. The summed E-state index contributed by atoms with van der Waals surface area (Å²) in [7, 11) is -4.83. The van der Waals surface area contributed by atoms with Gasteiger partial charge in [-0.15, -0.1) is 0 Å². The van der Waals surface area contributed by atoms with Crippen molar-refractivity contribution in [3.05, 3.63) is 127 Å². The van der Waals surface area contributed by atoms with Crippen LogP contribution in [-0.2, 0) is 4.57 Å². The Morgan fingerprint density at radius 2 is 1.00 bits per heavy atom. The van der Waals surface area contributed by atoms with Gasteiger partial charge in [-0.25, -0.2) is 0 Å². The predicted molar refractivity (Wildman–Crippen MR) is 137 cm³/mol. The lowest BCUT2D eigenvalue weighted by Crippen LogP contribution is -2.49. The van der Waals surface area contributed by atoms with Gasteiger partial charge in [-0.05, 0) is 11.1 Å². The molecule has 0 N–H and O–H groups in total. The molecule has 0 bridgehead atoms. The van der Waals surface area contributed by atoms with Gasteiger partial charge in [0, 0.05) is 16.8 Å². The highest BCUT2D eigenvalue weighted by molar-refractivity contribution is 7.78. The molecule has 0 spiro atoms. The van der Waals surface area contributed by atoms with Crippen LogP contribution in [0, 0.1) is 0 Å². The minimum absolute atomic E-state index is 0.224. The maximum absolute atomic E-state index is 14.9. The summed E-state index contributed by atoms with van der Waals surface area (Å²) >= 11 is 0. The molecule has 0 unspecified atom stereocenters. The number of hydrogen-bond acceptors (Lipinski definition) is 1. The van der Waals surface area contributed by atoms with Crippen molar-refractivity contribution in [3.63, 3.8) is 0 Å². The summed E-state index contributed by atoms with van der Waals surface area (Å²) in [5.41, 5.74) is 1.51. The molecule has 0 fully saturated rings. The van der Waals surface area contributed by atoms with Gasteiger partial charge in [-0.2, -0.15) is 0 Å². The van der Waals surface area contributed by atoms with E-state index in [-0.39, 0.29) is 5.54 Å². The van der Waals surface area contributed by atoms with E-state index in [1.807, 2.05) is 60.7 Å². The Morgan fingerprint density at radius 1 is 0.613 bits per heavy atom. The van der Waals surface area contributed by atoms with Gasteiger partial charge in [0.15, 0.2) is 0 Å². The Morgan fingerprint density at radius 3 is 1.45 bits per heavy atom. The van der Waals surface area contributed by atoms with Crippen molar-refractivity contribution in [2.24, 2.45) is 0 Å². The van der Waals surface area contributed by atoms with Crippen LogP contribution in [0.15, 0.2) is 121 Å². The van der Waals surface area contributed by atoms with E-state index in [0.717, 1.165) is 10.6 Å². The molecule has 0 aromatic heterocycles. The fourth-order valence-electron chi connectivity index (χ4n) is 4.46. The van der Waals surface area contributed by atoms with Crippen LogP contribution in [0.2, 0.25) is 13.1 Å². The van der Waals surface area contributed by atoms with Crippen LogP contribution in [0.25, 0.3) is 0 Å². The summed E-state index contributed by atoms with van der Waals surface area (Å²) in [4.78, 5) is 0. The van der Waals surface area contributed by atoms with Crippen LogP contribution >= 0.6 is 7.14 Å². The Labute approximate surface area is 187 Å². The zero-order valence-corrected chi connectivity index (χ0v) is 20.1. The van der Waals surface area contributed by atoms with E-state index in [1.165, 1.54) is 10.8 Å². The fraction of sp³-hybridized carbons (Fsp3) is 0.143. The first-order chi connectivity index (χ1) is 15.0. The van der Waals surface area contributed by atoms with Crippen LogP contribution in [-0.4, -0.2) is 14.2 Å². The van der Waals surface area contributed by atoms with Crippen LogP contribution in [0.1, 0.15) is 11.1 Å². The SMILES string of the molecule is C[Si](C)(c1ccccc1)[C@H](CP(=O)(c1ccccc1)c1ccccc1)c1ccccc1. The normalized spacial score (nSPS) is 13.0. The lowest BCUT2D eigenvalue weighted by molar-refractivity contribution is 0.585. The Bertz CT molecular complexity index is 1100. The molecule has 0 aliphatic carbocycles. The van der Waals surface area contributed by atoms with Crippen LogP contribution < -0.4 is 15.8 Å². The van der Waals surface area contributed by atoms with Crippen LogP contribution in [0.5, 0.6) is 0 Å². The standard InChI is InChI=1S/C28H29OPSi/c1-31(2,27-21-13-6-14-22-27)28(24-15-7-3-8-16-24)23-30(29,25-17-9-4-10-18-25)26-19-11-5-12-20-26/h3-22,28H,23H2,1-2H3/t28-/m1/s1. The monoisotopic (exact) mass is 440 g/mol. The van der Waals surface area contributed by atoms with Crippen molar-refractivity contribution in [1.29, 1.82) is 0 Å². The highest BCUT2D eigenvalue weighted by Gasteiger charge is 2.40. The second-order valence-electron chi connectivity index (χ2n) is 8.64. The van der Waals surface area contributed by atoms with Gasteiger partial charge in [0.25, 0.3) is 0 Å². The van der Waals surface area contributed by atoms with Crippen molar-refractivity contribution < 1.29 is 4.57 Å². The molecule has 31 heavy (non-hydrogen) atoms. The van der Waals surface area contributed by atoms with E-state index < -0.39 is 15.2 Å². The van der Waals surface area contributed by atoms with E-state index in [0.29, 0.717) is 6.16 Å². The first kappa shape index (κ1) is 21.6. The predicted octanol–water partition coefficient (Wildman–Crippen LogP) is 5.94. The van der Waals surface area contributed by atoms with Gasteiger partial charge >= 0.3 is 0 Å². The van der Waals surface area contributed by atoms with Gasteiger partial charge in [-0.1, -0.05) is 140 Å². The summed E-state index contributed by atoms with van der Waals surface area (Å²) in [5, 5.41) is 3.29. The zero-order chi connectivity index (χ0) is 21.7. The van der Waals surface area contributed by atoms with E-state index in [9.17, 15) is 4.57 Å². The van der Waals surface area contributed by atoms with E-state index in [4.69, 9.17) is 0 Å². The average molecular weight is 441 g/mol.